The molecule has 0 atom stereocenters. The number of halogens is 1. The molecule has 0 amide bonds. The van der Waals surface area contributed by atoms with Crippen LogP contribution in [-0.2, 0) is 4.79 Å². The van der Waals surface area contributed by atoms with Crippen molar-refractivity contribution in [2.75, 3.05) is 0 Å². The van der Waals surface area contributed by atoms with Gasteiger partial charge in [-0.05, 0) is 61.4 Å². The number of ketones is 1. The Morgan fingerprint density at radius 1 is 1.21 bits per heavy atom. The van der Waals surface area contributed by atoms with Gasteiger partial charge in [-0.25, -0.2) is 0 Å². The molecule has 2 heteroatoms. The molecule has 1 aromatic carbocycles. The van der Waals surface area contributed by atoms with Crippen LogP contribution in [-0.4, -0.2) is 5.78 Å². The minimum atomic E-state index is 0.102. The molecule has 0 heterocycles. The molecule has 1 aliphatic rings. The number of benzene rings is 1. The van der Waals surface area contributed by atoms with Crippen LogP contribution in [0.25, 0.3) is 5.57 Å². The van der Waals surface area contributed by atoms with Crippen molar-refractivity contribution in [3.63, 3.8) is 0 Å². The summed E-state index contributed by atoms with van der Waals surface area (Å²) in [4.78, 5) is 11.1. The van der Waals surface area contributed by atoms with Gasteiger partial charge >= 0.3 is 0 Å². The summed E-state index contributed by atoms with van der Waals surface area (Å²) in [5.41, 5.74) is 3.59. The molecule has 0 radical (unpaired) electrons. The maximum absolute atomic E-state index is 11.1. The predicted octanol–water partition coefficient (Wildman–Crippen LogP) is 5.49. The van der Waals surface area contributed by atoms with Crippen molar-refractivity contribution < 1.29 is 4.79 Å². The number of carbonyl (C=O) groups is 1. The van der Waals surface area contributed by atoms with Crippen molar-refractivity contribution >= 4 is 27.3 Å². The lowest BCUT2D eigenvalue weighted by molar-refractivity contribution is -0.112. The molecule has 0 aliphatic heterocycles. The summed E-state index contributed by atoms with van der Waals surface area (Å²) in [5.74, 6) is 0.805. The zero-order valence-electron chi connectivity index (χ0n) is 11.7. The molecule has 0 bridgehead atoms. The van der Waals surface area contributed by atoms with E-state index in [0.29, 0.717) is 5.92 Å². The van der Waals surface area contributed by atoms with Crippen molar-refractivity contribution in [1.82, 2.24) is 0 Å². The summed E-state index contributed by atoms with van der Waals surface area (Å²) < 4.78 is 1.19. The molecule has 0 N–H and O–H groups in total. The van der Waals surface area contributed by atoms with E-state index in [-0.39, 0.29) is 5.78 Å². The maximum Gasteiger partial charge on any atom is 0.152 e. The van der Waals surface area contributed by atoms with Crippen molar-refractivity contribution in [1.29, 1.82) is 0 Å². The molecule has 1 fully saturated rings. The highest BCUT2D eigenvalue weighted by molar-refractivity contribution is 9.10. The van der Waals surface area contributed by atoms with E-state index in [9.17, 15) is 4.79 Å². The van der Waals surface area contributed by atoms with Crippen LogP contribution in [0.4, 0.5) is 0 Å². The summed E-state index contributed by atoms with van der Waals surface area (Å²) in [6.07, 6.45) is 8.39. The standard InChI is InChI=1S/C17H21BrO/c1-12(10-13(2)19)15-8-9-16(17(18)11-15)14-6-4-3-5-7-14/h8-11,14H,3-7H2,1-2H3. The molecule has 0 saturated heterocycles. The molecule has 1 saturated carbocycles. The Balaban J connectivity index is 2.23. The molecular weight excluding hydrogens is 300 g/mol. The fourth-order valence-corrected chi connectivity index (χ4v) is 3.61. The van der Waals surface area contributed by atoms with E-state index in [0.717, 1.165) is 11.1 Å². The second-order valence-electron chi connectivity index (χ2n) is 5.51. The van der Waals surface area contributed by atoms with E-state index < -0.39 is 0 Å². The SMILES string of the molecule is CC(=O)C=C(C)c1ccc(C2CCCCC2)c(Br)c1. The Morgan fingerprint density at radius 2 is 1.89 bits per heavy atom. The Hall–Kier alpha value is -0.890. The van der Waals surface area contributed by atoms with E-state index >= 15 is 0 Å². The quantitative estimate of drug-likeness (QED) is 0.673. The van der Waals surface area contributed by atoms with Gasteiger partial charge in [-0.15, -0.1) is 0 Å². The fraction of sp³-hybridized carbons (Fsp3) is 0.471. The van der Waals surface area contributed by atoms with Crippen LogP contribution in [0, 0.1) is 0 Å². The van der Waals surface area contributed by atoms with Crippen LogP contribution in [0.15, 0.2) is 28.7 Å². The van der Waals surface area contributed by atoms with Gasteiger partial charge in [-0.2, -0.15) is 0 Å². The van der Waals surface area contributed by atoms with Gasteiger partial charge < -0.3 is 0 Å². The van der Waals surface area contributed by atoms with E-state index in [1.54, 1.807) is 13.0 Å². The van der Waals surface area contributed by atoms with Crippen LogP contribution in [0.2, 0.25) is 0 Å². The first-order chi connectivity index (χ1) is 9.08. The maximum atomic E-state index is 11.1. The van der Waals surface area contributed by atoms with E-state index in [4.69, 9.17) is 0 Å². The van der Waals surface area contributed by atoms with Gasteiger partial charge in [0, 0.05) is 4.47 Å². The third-order valence-electron chi connectivity index (χ3n) is 3.92. The smallest absolute Gasteiger partial charge is 0.152 e. The molecule has 102 valence electrons. The lowest BCUT2D eigenvalue weighted by Gasteiger charge is -2.23. The summed E-state index contributed by atoms with van der Waals surface area (Å²) >= 11 is 3.71. The molecule has 0 aromatic heterocycles. The Labute approximate surface area is 124 Å². The third kappa shape index (κ3) is 3.79. The van der Waals surface area contributed by atoms with Crippen LogP contribution in [0.5, 0.6) is 0 Å². The Bertz CT molecular complexity index is 496. The molecule has 2 rings (SSSR count). The second kappa shape index (κ2) is 6.51. The number of allylic oxidation sites excluding steroid dienone is 2. The molecule has 1 nitrogen and oxygen atoms in total. The molecule has 0 unspecified atom stereocenters. The average Bonchev–Trinajstić information content (AvgIpc) is 2.38. The van der Waals surface area contributed by atoms with Crippen LogP contribution in [0.3, 0.4) is 0 Å². The van der Waals surface area contributed by atoms with E-state index in [2.05, 4.69) is 34.1 Å². The number of hydrogen-bond donors (Lipinski definition) is 0. The third-order valence-corrected chi connectivity index (χ3v) is 4.61. The van der Waals surface area contributed by atoms with Crippen molar-refractivity contribution in [3.05, 3.63) is 39.9 Å². The van der Waals surface area contributed by atoms with Gasteiger partial charge in [0.1, 0.15) is 0 Å². The van der Waals surface area contributed by atoms with Crippen molar-refractivity contribution in [3.8, 4) is 0 Å². The molecule has 1 aliphatic carbocycles. The van der Waals surface area contributed by atoms with Gasteiger partial charge in [0.15, 0.2) is 5.78 Å². The highest BCUT2D eigenvalue weighted by Gasteiger charge is 2.17. The molecule has 0 spiro atoms. The zero-order valence-corrected chi connectivity index (χ0v) is 13.3. The van der Waals surface area contributed by atoms with Gasteiger partial charge in [0.25, 0.3) is 0 Å². The minimum Gasteiger partial charge on any atom is -0.295 e. The normalized spacial score (nSPS) is 17.5. The number of rotatable bonds is 3. The van der Waals surface area contributed by atoms with Gasteiger partial charge in [-0.3, -0.25) is 4.79 Å². The lowest BCUT2D eigenvalue weighted by atomic mass is 9.83. The second-order valence-corrected chi connectivity index (χ2v) is 6.36. The molecule has 19 heavy (non-hydrogen) atoms. The van der Waals surface area contributed by atoms with Gasteiger partial charge in [-0.1, -0.05) is 47.3 Å². The van der Waals surface area contributed by atoms with E-state index in [1.165, 1.54) is 42.1 Å². The van der Waals surface area contributed by atoms with Crippen molar-refractivity contribution in [2.45, 2.75) is 51.9 Å². The number of carbonyl (C=O) groups excluding carboxylic acids is 1. The molecule has 1 aromatic rings. The zero-order chi connectivity index (χ0) is 13.8. The van der Waals surface area contributed by atoms with Crippen LogP contribution < -0.4 is 0 Å². The first kappa shape index (κ1) is 14.5. The predicted molar refractivity (Wildman–Crippen MR) is 84.3 cm³/mol. The van der Waals surface area contributed by atoms with Gasteiger partial charge in [0.2, 0.25) is 0 Å². The summed E-state index contributed by atoms with van der Waals surface area (Å²) in [6, 6.07) is 6.52. The summed E-state index contributed by atoms with van der Waals surface area (Å²) in [5, 5.41) is 0. The van der Waals surface area contributed by atoms with Crippen molar-refractivity contribution in [2.24, 2.45) is 0 Å². The summed E-state index contributed by atoms with van der Waals surface area (Å²) in [7, 11) is 0. The minimum absolute atomic E-state index is 0.102. The monoisotopic (exact) mass is 320 g/mol. The first-order valence-electron chi connectivity index (χ1n) is 7.06. The fourth-order valence-electron chi connectivity index (χ4n) is 2.91. The van der Waals surface area contributed by atoms with Crippen LogP contribution in [0.1, 0.15) is 63.0 Å². The molecular formula is C17H21BrO. The summed E-state index contributed by atoms with van der Waals surface area (Å²) in [6.45, 7) is 3.58. The largest absolute Gasteiger partial charge is 0.295 e. The van der Waals surface area contributed by atoms with Crippen LogP contribution >= 0.6 is 15.9 Å². The topological polar surface area (TPSA) is 17.1 Å². The Morgan fingerprint density at radius 3 is 2.47 bits per heavy atom. The average molecular weight is 321 g/mol. The highest BCUT2D eigenvalue weighted by atomic mass is 79.9. The lowest BCUT2D eigenvalue weighted by Crippen LogP contribution is -2.05. The number of hydrogen-bond acceptors (Lipinski definition) is 1. The van der Waals surface area contributed by atoms with Gasteiger partial charge in [0.05, 0.1) is 0 Å². The van der Waals surface area contributed by atoms with E-state index in [1.807, 2.05) is 6.92 Å². The first-order valence-corrected chi connectivity index (χ1v) is 7.86. The Kier molecular flexibility index (Phi) is 4.98. The highest BCUT2D eigenvalue weighted by Crippen LogP contribution is 2.37.